The maximum absolute atomic E-state index is 11.6. The van der Waals surface area contributed by atoms with Gasteiger partial charge in [-0.2, -0.15) is 0 Å². The van der Waals surface area contributed by atoms with Crippen LogP contribution in [0.4, 0.5) is 0 Å². The van der Waals surface area contributed by atoms with E-state index in [0.717, 1.165) is 69.3 Å². The predicted octanol–water partition coefficient (Wildman–Crippen LogP) is 7.02. The molecule has 41 heavy (non-hydrogen) atoms. The maximum atomic E-state index is 11.6. The normalized spacial score (nSPS) is 16.2. The van der Waals surface area contributed by atoms with E-state index in [2.05, 4.69) is 41.3 Å². The molecule has 0 bridgehead atoms. The Morgan fingerprint density at radius 2 is 1.63 bits per heavy atom. The Bertz CT molecular complexity index is 1370. The Morgan fingerprint density at radius 1 is 0.829 bits per heavy atom. The molecule has 0 saturated heterocycles. The van der Waals surface area contributed by atoms with Crippen molar-refractivity contribution >= 4 is 11.9 Å². The zero-order valence-electron chi connectivity index (χ0n) is 23.8. The smallest absolute Gasteiger partial charge is 0.335 e. The van der Waals surface area contributed by atoms with Gasteiger partial charge in [-0.05, 0) is 122 Å². The van der Waals surface area contributed by atoms with E-state index >= 15 is 0 Å². The molecular formula is C35H41NO5. The van der Waals surface area contributed by atoms with E-state index in [4.69, 9.17) is 9.84 Å². The number of unbranched alkanes of at least 4 members (excludes halogenated alkanes) is 1. The number of carboxylic acids is 2. The summed E-state index contributed by atoms with van der Waals surface area (Å²) in [5.41, 5.74) is 8.05. The van der Waals surface area contributed by atoms with Gasteiger partial charge in [0.15, 0.2) is 0 Å². The number of rotatable bonds is 13. The highest BCUT2D eigenvalue weighted by atomic mass is 16.5. The van der Waals surface area contributed by atoms with Gasteiger partial charge in [-0.1, -0.05) is 42.5 Å². The van der Waals surface area contributed by atoms with Crippen LogP contribution in [0.2, 0.25) is 0 Å². The second-order valence-corrected chi connectivity index (χ2v) is 11.4. The van der Waals surface area contributed by atoms with Crippen molar-refractivity contribution in [3.05, 3.63) is 99.6 Å². The van der Waals surface area contributed by atoms with Crippen molar-refractivity contribution < 1.29 is 24.5 Å². The highest BCUT2D eigenvalue weighted by molar-refractivity contribution is 5.88. The first kappa shape index (κ1) is 28.9. The van der Waals surface area contributed by atoms with Crippen molar-refractivity contribution in [3.8, 4) is 5.75 Å². The Labute approximate surface area is 243 Å². The van der Waals surface area contributed by atoms with Crippen LogP contribution in [0.3, 0.4) is 0 Å². The van der Waals surface area contributed by atoms with Crippen molar-refractivity contribution in [1.82, 2.24) is 4.90 Å². The van der Waals surface area contributed by atoms with E-state index in [1.165, 1.54) is 40.7 Å². The van der Waals surface area contributed by atoms with E-state index in [1.807, 2.05) is 18.2 Å². The lowest BCUT2D eigenvalue weighted by Gasteiger charge is -2.36. The number of fused-ring (bicyclic) bond motifs is 2. The standard InChI is InChI=1S/C35H41NO5/c37-34(38)17-5-6-21-36(32-15-8-12-27-23-28(35(39)40)18-19-31(27)32)22-20-26-10-2-4-16-33(26)41-24-29-13-7-11-25-9-1-3-14-30(25)29/h2,4,7,10-11,13,16,18-19,23,32H,1,3,5-6,8-9,12,14-15,17,20-22,24H2,(H,37,38)(H,39,40)/t32-/m1/s1. The molecule has 0 saturated carbocycles. The van der Waals surface area contributed by atoms with E-state index in [9.17, 15) is 14.7 Å². The van der Waals surface area contributed by atoms with Gasteiger partial charge in [0.2, 0.25) is 0 Å². The molecule has 2 N–H and O–H groups in total. The van der Waals surface area contributed by atoms with Crippen LogP contribution in [0.5, 0.6) is 5.75 Å². The summed E-state index contributed by atoms with van der Waals surface area (Å²) in [5.74, 6) is -0.735. The summed E-state index contributed by atoms with van der Waals surface area (Å²) >= 11 is 0. The number of hydrogen-bond acceptors (Lipinski definition) is 4. The Hall–Kier alpha value is -3.64. The molecule has 5 rings (SSSR count). The SMILES string of the molecule is O=C(O)CCCCN(CCc1ccccc1OCc1cccc2c1CCCC2)[C@@H]1CCCc2cc(C(=O)O)ccc21. The zero-order chi connectivity index (χ0) is 28.6. The molecule has 0 radical (unpaired) electrons. The minimum absolute atomic E-state index is 0.178. The van der Waals surface area contributed by atoms with Crippen LogP contribution >= 0.6 is 0 Å². The molecule has 3 aromatic carbocycles. The van der Waals surface area contributed by atoms with Crippen molar-refractivity contribution in [3.63, 3.8) is 0 Å². The number of benzene rings is 3. The first-order valence-corrected chi connectivity index (χ1v) is 15.1. The third kappa shape index (κ3) is 7.36. The Kier molecular flexibility index (Phi) is 9.73. The lowest BCUT2D eigenvalue weighted by molar-refractivity contribution is -0.137. The third-order valence-corrected chi connectivity index (χ3v) is 8.72. The Balaban J connectivity index is 1.31. The molecular weight excluding hydrogens is 514 g/mol. The molecule has 0 unspecified atom stereocenters. The van der Waals surface area contributed by atoms with Crippen molar-refractivity contribution in [1.29, 1.82) is 0 Å². The largest absolute Gasteiger partial charge is 0.489 e. The number of aliphatic carboxylic acids is 1. The first-order valence-electron chi connectivity index (χ1n) is 15.1. The van der Waals surface area contributed by atoms with Gasteiger partial charge in [0.25, 0.3) is 0 Å². The molecule has 0 heterocycles. The summed E-state index contributed by atoms with van der Waals surface area (Å²) < 4.78 is 6.44. The second kappa shape index (κ2) is 13.8. The van der Waals surface area contributed by atoms with E-state index < -0.39 is 11.9 Å². The first-order chi connectivity index (χ1) is 20.0. The number of carboxylic acid groups (broad SMARTS) is 2. The molecule has 0 spiro atoms. The number of carbonyl (C=O) groups is 2. The molecule has 0 fully saturated rings. The van der Waals surface area contributed by atoms with Gasteiger partial charge in [-0.15, -0.1) is 0 Å². The van der Waals surface area contributed by atoms with Crippen molar-refractivity contribution in [2.75, 3.05) is 13.1 Å². The summed E-state index contributed by atoms with van der Waals surface area (Å²) in [5, 5.41) is 18.6. The molecule has 216 valence electrons. The number of aromatic carboxylic acids is 1. The Morgan fingerprint density at radius 3 is 2.49 bits per heavy atom. The number of aryl methyl sites for hydroxylation is 2. The minimum atomic E-state index is -0.895. The summed E-state index contributed by atoms with van der Waals surface area (Å²) in [6.07, 6.45) is 10.1. The van der Waals surface area contributed by atoms with Crippen LogP contribution in [-0.4, -0.2) is 40.1 Å². The molecule has 0 aromatic heterocycles. The van der Waals surface area contributed by atoms with Gasteiger partial charge < -0.3 is 14.9 Å². The minimum Gasteiger partial charge on any atom is -0.489 e. The second-order valence-electron chi connectivity index (χ2n) is 11.4. The summed E-state index contributed by atoms with van der Waals surface area (Å²) in [6.45, 7) is 2.19. The molecule has 2 aliphatic rings. The number of nitrogens with zero attached hydrogens (tertiary/aromatic N) is 1. The monoisotopic (exact) mass is 555 g/mol. The average molecular weight is 556 g/mol. The molecule has 0 amide bonds. The molecule has 6 nitrogen and oxygen atoms in total. The summed E-state index contributed by atoms with van der Waals surface area (Å²) in [7, 11) is 0. The molecule has 3 aromatic rings. The van der Waals surface area contributed by atoms with Gasteiger partial charge in [-0.25, -0.2) is 4.79 Å². The average Bonchev–Trinajstić information content (AvgIpc) is 2.99. The number of hydrogen-bond donors (Lipinski definition) is 2. The fraction of sp³-hybridized carbons (Fsp3) is 0.429. The lowest BCUT2D eigenvalue weighted by Crippen LogP contribution is -2.34. The topological polar surface area (TPSA) is 87.1 Å². The van der Waals surface area contributed by atoms with Crippen LogP contribution in [-0.2, 0) is 37.1 Å². The quantitative estimate of drug-likeness (QED) is 0.220. The van der Waals surface area contributed by atoms with Crippen LogP contribution in [0, 0.1) is 0 Å². The highest BCUT2D eigenvalue weighted by Crippen LogP contribution is 2.36. The van der Waals surface area contributed by atoms with E-state index in [0.29, 0.717) is 18.6 Å². The highest BCUT2D eigenvalue weighted by Gasteiger charge is 2.27. The summed E-state index contributed by atoms with van der Waals surface area (Å²) in [6, 6.07) is 20.6. The van der Waals surface area contributed by atoms with Crippen LogP contribution in [0.15, 0.2) is 60.7 Å². The van der Waals surface area contributed by atoms with Gasteiger partial charge in [0.05, 0.1) is 5.56 Å². The summed E-state index contributed by atoms with van der Waals surface area (Å²) in [4.78, 5) is 25.2. The molecule has 2 aliphatic carbocycles. The van der Waals surface area contributed by atoms with Gasteiger partial charge >= 0.3 is 11.9 Å². The van der Waals surface area contributed by atoms with Crippen LogP contribution in [0.25, 0.3) is 0 Å². The van der Waals surface area contributed by atoms with Crippen LogP contribution < -0.4 is 4.74 Å². The predicted molar refractivity (Wildman–Crippen MR) is 160 cm³/mol. The molecule has 6 heteroatoms. The maximum Gasteiger partial charge on any atom is 0.335 e. The fourth-order valence-electron chi connectivity index (χ4n) is 6.58. The van der Waals surface area contributed by atoms with Crippen molar-refractivity contribution in [2.45, 2.75) is 83.3 Å². The third-order valence-electron chi connectivity index (χ3n) is 8.72. The van der Waals surface area contributed by atoms with Crippen molar-refractivity contribution in [2.24, 2.45) is 0 Å². The van der Waals surface area contributed by atoms with Crippen LogP contribution in [0.1, 0.15) is 94.7 Å². The van der Waals surface area contributed by atoms with Gasteiger partial charge in [-0.3, -0.25) is 9.69 Å². The van der Waals surface area contributed by atoms with E-state index in [-0.39, 0.29) is 12.5 Å². The number of para-hydroxylation sites is 1. The lowest BCUT2D eigenvalue weighted by atomic mass is 9.85. The number of ether oxygens (including phenoxy) is 1. The van der Waals surface area contributed by atoms with Gasteiger partial charge in [0, 0.05) is 19.0 Å². The zero-order valence-corrected chi connectivity index (χ0v) is 23.8. The molecule has 0 aliphatic heterocycles. The van der Waals surface area contributed by atoms with Gasteiger partial charge in [0.1, 0.15) is 12.4 Å². The van der Waals surface area contributed by atoms with E-state index in [1.54, 1.807) is 6.07 Å². The fourth-order valence-corrected chi connectivity index (χ4v) is 6.58. The molecule has 1 atom stereocenters.